The van der Waals surface area contributed by atoms with Crippen LogP contribution in [0.15, 0.2) is 48.5 Å². The summed E-state index contributed by atoms with van der Waals surface area (Å²) in [7, 11) is 1.93. The van der Waals surface area contributed by atoms with Crippen molar-refractivity contribution in [3.63, 3.8) is 0 Å². The summed E-state index contributed by atoms with van der Waals surface area (Å²) in [5.74, 6) is -0.106. The fourth-order valence-corrected chi connectivity index (χ4v) is 2.57. The van der Waals surface area contributed by atoms with Gasteiger partial charge in [-0.1, -0.05) is 43.3 Å². The number of Topliss-reactive ketones (excluding diaryl/α,β-unsaturated/α-hetero) is 1. The third-order valence-corrected chi connectivity index (χ3v) is 4.44. The van der Waals surface area contributed by atoms with Crippen LogP contribution in [0.3, 0.4) is 0 Å². The van der Waals surface area contributed by atoms with Gasteiger partial charge in [-0.25, -0.2) is 0 Å². The van der Waals surface area contributed by atoms with Gasteiger partial charge < -0.3 is 5.32 Å². The quantitative estimate of drug-likeness (QED) is 0.779. The van der Waals surface area contributed by atoms with Crippen LogP contribution in [-0.4, -0.2) is 29.7 Å². The van der Waals surface area contributed by atoms with Gasteiger partial charge in [-0.3, -0.25) is 14.5 Å². The number of anilines is 1. The van der Waals surface area contributed by atoms with Crippen molar-refractivity contribution in [1.29, 1.82) is 0 Å². The zero-order valence-corrected chi connectivity index (χ0v) is 15.4. The number of carbonyl (C=O) groups excluding carboxylic acids is 2. The van der Waals surface area contributed by atoms with E-state index in [2.05, 4.69) is 36.5 Å². The number of aryl methyl sites for hydroxylation is 1. The van der Waals surface area contributed by atoms with Gasteiger partial charge in [0.25, 0.3) is 0 Å². The average molecular weight is 338 g/mol. The van der Waals surface area contributed by atoms with Gasteiger partial charge in [-0.05, 0) is 50.6 Å². The lowest BCUT2D eigenvalue weighted by molar-refractivity contribution is -0.120. The molecule has 132 valence electrons. The number of nitrogens with zero attached hydrogens (tertiary/aromatic N) is 1. The number of hydrogen-bond donors (Lipinski definition) is 1. The van der Waals surface area contributed by atoms with Crippen LogP contribution in [-0.2, 0) is 17.8 Å². The Kier molecular flexibility index (Phi) is 6.48. The predicted molar refractivity (Wildman–Crippen MR) is 102 cm³/mol. The van der Waals surface area contributed by atoms with Crippen LogP contribution in [0.5, 0.6) is 0 Å². The first-order valence-corrected chi connectivity index (χ1v) is 8.60. The minimum atomic E-state index is -0.285. The summed E-state index contributed by atoms with van der Waals surface area (Å²) in [6, 6.07) is 15.2. The molecular weight excluding hydrogens is 312 g/mol. The number of amides is 1. The summed E-state index contributed by atoms with van der Waals surface area (Å²) in [6.07, 6.45) is 1.02. The fourth-order valence-electron chi connectivity index (χ4n) is 2.57. The normalized spacial score (nSPS) is 12.0. The smallest absolute Gasteiger partial charge is 0.241 e. The first kappa shape index (κ1) is 18.9. The maximum absolute atomic E-state index is 12.5. The van der Waals surface area contributed by atoms with Crippen molar-refractivity contribution < 1.29 is 9.59 Å². The second-order valence-electron chi connectivity index (χ2n) is 6.39. The molecule has 0 radical (unpaired) electrons. The Morgan fingerprint density at radius 1 is 1.08 bits per heavy atom. The molecule has 0 aliphatic carbocycles. The van der Waals surface area contributed by atoms with Gasteiger partial charge in [0.15, 0.2) is 5.78 Å². The summed E-state index contributed by atoms with van der Waals surface area (Å²) in [4.78, 5) is 25.9. The molecule has 0 aromatic heterocycles. The average Bonchev–Trinajstić information content (AvgIpc) is 2.61. The fraction of sp³-hybridized carbons (Fsp3) is 0.333. The van der Waals surface area contributed by atoms with Crippen LogP contribution in [0.25, 0.3) is 0 Å². The third kappa shape index (κ3) is 5.26. The second-order valence-corrected chi connectivity index (χ2v) is 6.39. The van der Waals surface area contributed by atoms with Crippen molar-refractivity contribution >= 4 is 17.4 Å². The van der Waals surface area contributed by atoms with Crippen LogP contribution >= 0.6 is 0 Å². The lowest BCUT2D eigenvalue weighted by Gasteiger charge is -2.24. The zero-order valence-electron chi connectivity index (χ0n) is 15.4. The number of rotatable bonds is 7. The van der Waals surface area contributed by atoms with Crippen LogP contribution < -0.4 is 5.32 Å². The summed E-state index contributed by atoms with van der Waals surface area (Å²) in [5.41, 5.74) is 3.72. The van der Waals surface area contributed by atoms with E-state index in [9.17, 15) is 9.59 Å². The SMILES string of the molecule is CCc1ccc(CN(C)[C@@H](C)C(=O)Nc2cccc(C(C)=O)c2)cc1. The highest BCUT2D eigenvalue weighted by Crippen LogP contribution is 2.14. The van der Waals surface area contributed by atoms with Gasteiger partial charge in [0.1, 0.15) is 0 Å². The Labute approximate surface area is 149 Å². The Morgan fingerprint density at radius 3 is 2.32 bits per heavy atom. The van der Waals surface area contributed by atoms with E-state index in [1.54, 1.807) is 24.3 Å². The number of carbonyl (C=O) groups is 2. The first-order chi connectivity index (χ1) is 11.9. The largest absolute Gasteiger partial charge is 0.325 e. The summed E-state index contributed by atoms with van der Waals surface area (Å²) in [6.45, 7) is 6.23. The van der Waals surface area contributed by atoms with E-state index >= 15 is 0 Å². The Bertz CT molecular complexity index is 738. The van der Waals surface area contributed by atoms with E-state index in [4.69, 9.17) is 0 Å². The maximum atomic E-state index is 12.5. The molecule has 2 aromatic carbocycles. The number of benzene rings is 2. The van der Waals surface area contributed by atoms with Gasteiger partial charge >= 0.3 is 0 Å². The molecule has 0 spiro atoms. The van der Waals surface area contributed by atoms with E-state index in [0.29, 0.717) is 17.8 Å². The second kappa shape index (κ2) is 8.58. The number of likely N-dealkylation sites (N-methyl/N-ethyl adjacent to an activating group) is 1. The van der Waals surface area contributed by atoms with Gasteiger partial charge in [0, 0.05) is 17.8 Å². The highest BCUT2D eigenvalue weighted by molar-refractivity contribution is 5.98. The molecule has 1 N–H and O–H groups in total. The molecule has 2 aromatic rings. The van der Waals surface area contributed by atoms with Crippen LogP contribution in [0, 0.1) is 0 Å². The van der Waals surface area contributed by atoms with Crippen LogP contribution in [0.2, 0.25) is 0 Å². The lowest BCUT2D eigenvalue weighted by atomic mass is 10.1. The Hall–Kier alpha value is -2.46. The van der Waals surface area contributed by atoms with Crippen LogP contribution in [0.1, 0.15) is 42.3 Å². The molecule has 0 aliphatic rings. The summed E-state index contributed by atoms with van der Waals surface area (Å²) in [5, 5.41) is 2.89. The molecule has 1 atom stereocenters. The van der Waals surface area contributed by atoms with E-state index in [0.717, 1.165) is 6.42 Å². The molecule has 0 unspecified atom stereocenters. The van der Waals surface area contributed by atoms with E-state index in [-0.39, 0.29) is 17.7 Å². The van der Waals surface area contributed by atoms with Gasteiger partial charge in [0.05, 0.1) is 6.04 Å². The highest BCUT2D eigenvalue weighted by Gasteiger charge is 2.18. The molecule has 4 heteroatoms. The van der Waals surface area contributed by atoms with Gasteiger partial charge in [-0.2, -0.15) is 0 Å². The van der Waals surface area contributed by atoms with E-state index in [1.165, 1.54) is 18.1 Å². The standard InChI is InChI=1S/C21H26N2O2/c1-5-17-9-11-18(12-10-17)14-23(4)15(2)21(25)22-20-8-6-7-19(13-20)16(3)24/h6-13,15H,5,14H2,1-4H3,(H,22,25)/t15-/m0/s1. The van der Waals surface area contributed by atoms with Crippen molar-refractivity contribution in [2.45, 2.75) is 39.8 Å². The molecule has 0 saturated heterocycles. The number of ketones is 1. The number of hydrogen-bond acceptors (Lipinski definition) is 3. The topological polar surface area (TPSA) is 49.4 Å². The molecule has 0 heterocycles. The predicted octanol–water partition coefficient (Wildman–Crippen LogP) is 3.91. The van der Waals surface area contributed by atoms with Gasteiger partial charge in [-0.15, -0.1) is 0 Å². The van der Waals surface area contributed by atoms with Crippen molar-refractivity contribution in [3.05, 3.63) is 65.2 Å². The molecule has 0 bridgehead atoms. The van der Waals surface area contributed by atoms with E-state index in [1.807, 2.05) is 18.9 Å². The summed E-state index contributed by atoms with van der Waals surface area (Å²) >= 11 is 0. The molecule has 1 amide bonds. The van der Waals surface area contributed by atoms with Crippen molar-refractivity contribution in [2.75, 3.05) is 12.4 Å². The molecular formula is C21H26N2O2. The van der Waals surface area contributed by atoms with Crippen LogP contribution in [0.4, 0.5) is 5.69 Å². The molecule has 25 heavy (non-hydrogen) atoms. The highest BCUT2D eigenvalue weighted by atomic mass is 16.2. The molecule has 0 fully saturated rings. The Morgan fingerprint density at radius 2 is 1.72 bits per heavy atom. The zero-order chi connectivity index (χ0) is 18.4. The number of nitrogens with one attached hydrogen (secondary N) is 1. The summed E-state index contributed by atoms with van der Waals surface area (Å²) < 4.78 is 0. The third-order valence-electron chi connectivity index (χ3n) is 4.44. The lowest BCUT2D eigenvalue weighted by Crippen LogP contribution is -2.39. The monoisotopic (exact) mass is 338 g/mol. The minimum absolute atomic E-state index is 0.0169. The minimum Gasteiger partial charge on any atom is -0.325 e. The molecule has 2 rings (SSSR count). The molecule has 0 saturated carbocycles. The van der Waals surface area contributed by atoms with Crippen molar-refractivity contribution in [2.24, 2.45) is 0 Å². The maximum Gasteiger partial charge on any atom is 0.241 e. The Balaban J connectivity index is 1.98. The molecule has 4 nitrogen and oxygen atoms in total. The van der Waals surface area contributed by atoms with Gasteiger partial charge in [0.2, 0.25) is 5.91 Å². The van der Waals surface area contributed by atoms with E-state index < -0.39 is 0 Å². The molecule has 0 aliphatic heterocycles. The van der Waals surface area contributed by atoms with Crippen molar-refractivity contribution in [3.8, 4) is 0 Å². The first-order valence-electron chi connectivity index (χ1n) is 8.60. The van der Waals surface area contributed by atoms with Crippen molar-refractivity contribution in [1.82, 2.24) is 4.90 Å².